The third-order valence-corrected chi connectivity index (χ3v) is 3.59. The van der Waals surface area contributed by atoms with Crippen molar-refractivity contribution < 1.29 is 14.1 Å². The van der Waals surface area contributed by atoms with Gasteiger partial charge in [-0.15, -0.1) is 0 Å². The molecule has 2 aromatic rings. The highest BCUT2D eigenvalue weighted by Gasteiger charge is 2.12. The van der Waals surface area contributed by atoms with Gasteiger partial charge in [-0.1, -0.05) is 29.8 Å². The summed E-state index contributed by atoms with van der Waals surface area (Å²) in [5, 5.41) is 3.46. The molecule has 2 N–H and O–H groups in total. The van der Waals surface area contributed by atoms with Crippen LogP contribution in [0.5, 0.6) is 0 Å². The van der Waals surface area contributed by atoms with Crippen molar-refractivity contribution in [2.45, 2.75) is 13.5 Å². The lowest BCUT2D eigenvalue weighted by atomic mass is 10.2. The number of halogens is 2. The molecule has 0 spiro atoms. The van der Waals surface area contributed by atoms with E-state index in [1.807, 2.05) is 20.0 Å². The van der Waals surface area contributed by atoms with Crippen LogP contribution >= 0.6 is 11.6 Å². The Bertz CT molecular complexity index is 658. The number of aryl methyl sites for hydroxylation is 1. The minimum absolute atomic E-state index is 0.0787. The zero-order chi connectivity index (χ0) is 16.1. The van der Waals surface area contributed by atoms with Crippen LogP contribution in [-0.4, -0.2) is 19.5 Å². The Morgan fingerprint density at radius 1 is 1.23 bits per heavy atom. The number of hydrogen-bond acceptors (Lipinski definition) is 1. The van der Waals surface area contributed by atoms with E-state index in [2.05, 4.69) is 5.32 Å². The Balaban J connectivity index is 1.91. The largest absolute Gasteiger partial charge is 0.326 e. The first-order valence-corrected chi connectivity index (χ1v) is 7.43. The van der Waals surface area contributed by atoms with E-state index in [1.165, 1.54) is 12.1 Å². The van der Waals surface area contributed by atoms with Crippen LogP contribution in [0.25, 0.3) is 0 Å². The van der Waals surface area contributed by atoms with E-state index in [-0.39, 0.29) is 11.7 Å². The van der Waals surface area contributed by atoms with Crippen LogP contribution in [-0.2, 0) is 11.3 Å². The summed E-state index contributed by atoms with van der Waals surface area (Å²) in [6.45, 7) is 2.90. The molecule has 0 saturated carbocycles. The van der Waals surface area contributed by atoms with Crippen LogP contribution in [0.4, 0.5) is 10.1 Å². The maximum atomic E-state index is 12.9. The predicted octanol–water partition coefficient (Wildman–Crippen LogP) is 2.44. The van der Waals surface area contributed by atoms with E-state index in [1.54, 1.807) is 24.3 Å². The van der Waals surface area contributed by atoms with Gasteiger partial charge in [0.1, 0.15) is 12.4 Å². The molecule has 1 atom stereocenters. The smallest absolute Gasteiger partial charge is 0.279 e. The Morgan fingerprint density at radius 2 is 1.91 bits per heavy atom. The molecule has 3 nitrogen and oxygen atoms in total. The van der Waals surface area contributed by atoms with Crippen molar-refractivity contribution in [2.75, 3.05) is 18.9 Å². The molecule has 2 rings (SSSR count). The van der Waals surface area contributed by atoms with Gasteiger partial charge in [0.25, 0.3) is 5.91 Å². The van der Waals surface area contributed by atoms with Crippen LogP contribution < -0.4 is 10.2 Å². The first-order chi connectivity index (χ1) is 10.4. The fourth-order valence-electron chi connectivity index (χ4n) is 2.21. The zero-order valence-electron chi connectivity index (χ0n) is 12.6. The number of nitrogens with one attached hydrogen (secondary N) is 2. The minimum atomic E-state index is -0.254. The molecule has 22 heavy (non-hydrogen) atoms. The van der Waals surface area contributed by atoms with Gasteiger partial charge < -0.3 is 10.2 Å². The van der Waals surface area contributed by atoms with Gasteiger partial charge >= 0.3 is 0 Å². The fourth-order valence-corrected chi connectivity index (χ4v) is 2.38. The highest BCUT2D eigenvalue weighted by molar-refractivity contribution is 6.31. The van der Waals surface area contributed by atoms with Gasteiger partial charge in [0.05, 0.1) is 7.05 Å². The highest BCUT2D eigenvalue weighted by atomic mass is 35.5. The minimum Gasteiger partial charge on any atom is -0.326 e. The Labute approximate surface area is 134 Å². The Morgan fingerprint density at radius 3 is 2.59 bits per heavy atom. The molecule has 0 bridgehead atoms. The summed E-state index contributed by atoms with van der Waals surface area (Å²) in [4.78, 5) is 13.1. The zero-order valence-corrected chi connectivity index (χ0v) is 13.4. The van der Waals surface area contributed by atoms with E-state index < -0.39 is 0 Å². The first kappa shape index (κ1) is 16.5. The Kier molecular flexibility index (Phi) is 5.52. The number of anilines is 1. The maximum absolute atomic E-state index is 12.9. The third kappa shape index (κ3) is 4.83. The van der Waals surface area contributed by atoms with Gasteiger partial charge in [0, 0.05) is 16.3 Å². The molecule has 2 aromatic carbocycles. The van der Waals surface area contributed by atoms with Gasteiger partial charge in [-0.3, -0.25) is 4.79 Å². The number of amides is 1. The van der Waals surface area contributed by atoms with Crippen molar-refractivity contribution in [3.05, 3.63) is 64.4 Å². The summed E-state index contributed by atoms with van der Waals surface area (Å²) < 4.78 is 12.9. The molecule has 1 unspecified atom stereocenters. The molecular weight excluding hydrogens is 303 g/mol. The molecule has 0 saturated heterocycles. The van der Waals surface area contributed by atoms with E-state index in [9.17, 15) is 9.18 Å². The van der Waals surface area contributed by atoms with Gasteiger partial charge in [-0.05, 0) is 36.8 Å². The van der Waals surface area contributed by atoms with Crippen molar-refractivity contribution in [1.29, 1.82) is 0 Å². The summed E-state index contributed by atoms with van der Waals surface area (Å²) in [6, 6.07) is 11.7. The van der Waals surface area contributed by atoms with Gasteiger partial charge in [0.15, 0.2) is 6.54 Å². The number of rotatable bonds is 5. The SMILES string of the molecule is Cc1ccc(Cl)cc1NC(=O)C[NH+](C)Cc1ccc(F)cc1. The van der Waals surface area contributed by atoms with Crippen LogP contribution in [0.15, 0.2) is 42.5 Å². The van der Waals surface area contributed by atoms with Gasteiger partial charge in [-0.2, -0.15) is 0 Å². The van der Waals surface area contributed by atoms with Crippen LogP contribution in [0, 0.1) is 12.7 Å². The average Bonchev–Trinajstić information content (AvgIpc) is 2.45. The molecule has 1 amide bonds. The fraction of sp³-hybridized carbons (Fsp3) is 0.235. The summed E-state index contributed by atoms with van der Waals surface area (Å²) in [5.41, 5.74) is 2.69. The molecule has 0 fully saturated rings. The topological polar surface area (TPSA) is 33.5 Å². The quantitative estimate of drug-likeness (QED) is 0.871. The van der Waals surface area contributed by atoms with Crippen molar-refractivity contribution in [2.24, 2.45) is 0 Å². The number of carbonyl (C=O) groups is 1. The molecule has 0 aliphatic heterocycles. The molecule has 0 radical (unpaired) electrons. The molecule has 5 heteroatoms. The summed E-state index contributed by atoms with van der Waals surface area (Å²) >= 11 is 5.94. The number of benzene rings is 2. The molecule has 0 heterocycles. The lowest BCUT2D eigenvalue weighted by molar-refractivity contribution is -0.885. The van der Waals surface area contributed by atoms with E-state index in [0.29, 0.717) is 18.1 Å². The Hall–Kier alpha value is -1.91. The highest BCUT2D eigenvalue weighted by Crippen LogP contribution is 2.19. The van der Waals surface area contributed by atoms with Crippen LogP contribution in [0.1, 0.15) is 11.1 Å². The van der Waals surface area contributed by atoms with Gasteiger partial charge in [0.2, 0.25) is 0 Å². The summed E-state index contributed by atoms with van der Waals surface area (Å²) in [6.07, 6.45) is 0. The van der Waals surface area contributed by atoms with Crippen molar-refractivity contribution in [3.63, 3.8) is 0 Å². The van der Waals surface area contributed by atoms with Crippen LogP contribution in [0.2, 0.25) is 5.02 Å². The number of hydrogen-bond donors (Lipinski definition) is 2. The summed E-state index contributed by atoms with van der Waals surface area (Å²) in [7, 11) is 1.92. The molecule has 0 aromatic heterocycles. The second-order valence-electron chi connectivity index (χ2n) is 5.44. The number of carbonyl (C=O) groups excluding carboxylic acids is 1. The van der Waals surface area contributed by atoms with Crippen molar-refractivity contribution in [3.8, 4) is 0 Å². The van der Waals surface area contributed by atoms with E-state index in [4.69, 9.17) is 11.6 Å². The normalized spacial score (nSPS) is 12.0. The maximum Gasteiger partial charge on any atom is 0.279 e. The monoisotopic (exact) mass is 321 g/mol. The number of likely N-dealkylation sites (N-methyl/N-ethyl adjacent to an activating group) is 1. The summed E-state index contributed by atoms with van der Waals surface area (Å²) in [5.74, 6) is -0.333. The third-order valence-electron chi connectivity index (χ3n) is 3.36. The van der Waals surface area contributed by atoms with Crippen LogP contribution in [0.3, 0.4) is 0 Å². The first-order valence-electron chi connectivity index (χ1n) is 7.06. The molecule has 0 aliphatic rings. The lowest BCUT2D eigenvalue weighted by Gasteiger charge is -2.15. The standard InChI is InChI=1S/C17H18ClFN2O/c1-12-3-6-14(18)9-16(12)20-17(22)11-21(2)10-13-4-7-15(19)8-5-13/h3-9H,10-11H2,1-2H3,(H,20,22)/p+1. The molecular formula is C17H19ClFN2O+. The average molecular weight is 322 g/mol. The number of quaternary nitrogens is 1. The van der Waals surface area contributed by atoms with Crippen molar-refractivity contribution in [1.82, 2.24) is 0 Å². The predicted molar refractivity (Wildman–Crippen MR) is 86.7 cm³/mol. The second kappa shape index (κ2) is 7.38. The molecule has 0 aliphatic carbocycles. The molecule has 116 valence electrons. The van der Waals surface area contributed by atoms with Crippen molar-refractivity contribution >= 4 is 23.2 Å². The van der Waals surface area contributed by atoms with E-state index in [0.717, 1.165) is 21.7 Å². The van der Waals surface area contributed by atoms with E-state index >= 15 is 0 Å². The second-order valence-corrected chi connectivity index (χ2v) is 5.88. The lowest BCUT2D eigenvalue weighted by Crippen LogP contribution is -3.08. The van der Waals surface area contributed by atoms with Gasteiger partial charge in [-0.25, -0.2) is 4.39 Å².